The molecule has 2 aliphatic heterocycles. The van der Waals surface area contributed by atoms with E-state index in [1.165, 1.54) is 9.80 Å². The highest BCUT2D eigenvalue weighted by Gasteiger charge is 2.36. The Hall–Kier alpha value is -7.38. The number of anilines is 3. The van der Waals surface area contributed by atoms with Gasteiger partial charge in [0.25, 0.3) is 23.6 Å². The van der Waals surface area contributed by atoms with Gasteiger partial charge in [-0.25, -0.2) is 0 Å². The Labute approximate surface area is 406 Å². The number of rotatable bonds is 19. The predicted octanol–water partition coefficient (Wildman–Crippen LogP) is 15.4. The van der Waals surface area contributed by atoms with E-state index in [2.05, 4.69) is 118 Å². The number of hydrogen-bond acceptors (Lipinski definition) is 5. The van der Waals surface area contributed by atoms with Crippen LogP contribution in [0.15, 0.2) is 140 Å². The van der Waals surface area contributed by atoms with Gasteiger partial charge in [0.1, 0.15) is 0 Å². The van der Waals surface area contributed by atoms with Gasteiger partial charge in [0.2, 0.25) is 0 Å². The minimum Gasteiger partial charge on any atom is -0.311 e. The summed E-state index contributed by atoms with van der Waals surface area (Å²) in [6.45, 7) is 9.52. The second-order valence-corrected chi connectivity index (χ2v) is 18.7. The van der Waals surface area contributed by atoms with E-state index in [-0.39, 0.29) is 23.6 Å². The fraction of sp³-hybridized carbons (Fsp3) is 0.258. The van der Waals surface area contributed by atoms with Crippen LogP contribution in [-0.2, 0) is 0 Å². The lowest BCUT2D eigenvalue weighted by Crippen LogP contribution is -2.43. The number of carbonyl (C=O) groups is 4. The van der Waals surface area contributed by atoms with Crippen LogP contribution in [0.1, 0.15) is 143 Å². The first-order chi connectivity index (χ1) is 33.7. The van der Waals surface area contributed by atoms with E-state index in [1.54, 1.807) is 0 Å². The fourth-order valence-electron chi connectivity index (χ4n) is 10.2. The van der Waals surface area contributed by atoms with Gasteiger partial charge < -0.3 is 4.90 Å². The van der Waals surface area contributed by atoms with Crippen LogP contribution in [0, 0.1) is 11.8 Å². The molecular weight excluding hydrogens is 851 g/mol. The van der Waals surface area contributed by atoms with Crippen LogP contribution in [0.4, 0.5) is 17.1 Å². The number of hydrogen-bond donors (Lipinski definition) is 0. The van der Waals surface area contributed by atoms with Crippen LogP contribution >= 0.6 is 0 Å². The summed E-state index contributed by atoms with van der Waals surface area (Å²) in [5.41, 5.74) is 9.31. The zero-order chi connectivity index (χ0) is 48.0. The Morgan fingerprint density at radius 1 is 0.420 bits per heavy atom. The number of para-hydroxylation sites is 1. The molecule has 0 fully saturated rings. The molecular formula is C62H61N3O4. The number of nitrogens with zero attached hydrogens (tertiary/aromatic N) is 3. The first kappa shape index (κ1) is 46.7. The van der Waals surface area contributed by atoms with E-state index < -0.39 is 0 Å². The summed E-state index contributed by atoms with van der Waals surface area (Å²) in [6.07, 6.45) is 16.5. The summed E-state index contributed by atoms with van der Waals surface area (Å²) in [4.78, 5) is 60.5. The number of benzene rings is 7. The molecule has 0 saturated carbocycles. The van der Waals surface area contributed by atoms with E-state index in [9.17, 15) is 19.2 Å². The van der Waals surface area contributed by atoms with Crippen molar-refractivity contribution in [3.05, 3.63) is 184 Å². The van der Waals surface area contributed by atoms with Crippen molar-refractivity contribution in [1.82, 2.24) is 9.80 Å². The molecule has 2 aliphatic rings. The Morgan fingerprint density at radius 3 is 1.20 bits per heavy atom. The lowest BCUT2D eigenvalue weighted by atomic mass is 9.90. The van der Waals surface area contributed by atoms with E-state index >= 15 is 0 Å². The van der Waals surface area contributed by atoms with E-state index in [0.29, 0.717) is 47.2 Å². The highest BCUT2D eigenvalue weighted by atomic mass is 16.2. The molecule has 7 nitrogen and oxygen atoms in total. The van der Waals surface area contributed by atoms with E-state index in [0.717, 1.165) is 112 Å². The van der Waals surface area contributed by atoms with Gasteiger partial charge in [-0.05, 0) is 118 Å². The average Bonchev–Trinajstić information content (AvgIpc) is 3.39. The summed E-state index contributed by atoms with van der Waals surface area (Å²) >= 11 is 0. The summed E-state index contributed by atoms with van der Waals surface area (Å²) in [5.74, 6) is -0.223. The fourth-order valence-corrected chi connectivity index (χ4v) is 10.2. The summed E-state index contributed by atoms with van der Waals surface area (Å²) in [5, 5.41) is 3.26. The van der Waals surface area contributed by atoms with Crippen LogP contribution < -0.4 is 4.90 Å². The van der Waals surface area contributed by atoms with Crippen LogP contribution in [0.5, 0.6) is 0 Å². The zero-order valence-electron chi connectivity index (χ0n) is 40.3. The van der Waals surface area contributed by atoms with Crippen molar-refractivity contribution in [3.63, 3.8) is 0 Å². The van der Waals surface area contributed by atoms with Crippen molar-refractivity contribution < 1.29 is 19.2 Å². The van der Waals surface area contributed by atoms with Crippen LogP contribution in [-0.4, -0.2) is 46.5 Å². The molecule has 348 valence electrons. The van der Waals surface area contributed by atoms with Gasteiger partial charge in [-0.15, -0.1) is 0 Å². The Kier molecular flexibility index (Phi) is 14.1. The van der Waals surface area contributed by atoms with Crippen LogP contribution in [0.3, 0.4) is 0 Å². The minimum absolute atomic E-state index is 0.202. The molecule has 4 amide bonds. The van der Waals surface area contributed by atoms with Gasteiger partial charge in [-0.1, -0.05) is 169 Å². The maximum absolute atomic E-state index is 13.8. The van der Waals surface area contributed by atoms with Crippen molar-refractivity contribution in [3.8, 4) is 0 Å². The van der Waals surface area contributed by atoms with Crippen LogP contribution in [0.25, 0.3) is 45.8 Å². The second-order valence-electron chi connectivity index (χ2n) is 18.7. The lowest BCUT2D eigenvalue weighted by Gasteiger charge is -2.30. The first-order valence-electron chi connectivity index (χ1n) is 25.0. The molecule has 2 atom stereocenters. The van der Waals surface area contributed by atoms with Crippen molar-refractivity contribution in [2.45, 2.75) is 79.1 Å². The molecule has 7 heteroatoms. The van der Waals surface area contributed by atoms with Crippen molar-refractivity contribution in [2.75, 3.05) is 18.0 Å². The third-order valence-corrected chi connectivity index (χ3v) is 14.2. The highest BCUT2D eigenvalue weighted by Crippen LogP contribution is 2.38. The normalized spacial score (nSPS) is 14.5. The molecule has 0 aliphatic carbocycles. The smallest absolute Gasteiger partial charge is 0.261 e. The standard InChI is InChI=1S/C62H61N3O4/c1-5-9-16-42(7-3)40-63-59(66)53-22-14-20-51-46(32-38-55(57(51)53)61(63)68)30-24-44-26-34-49(35-27-44)65(48-18-12-11-13-19-48)50-36-28-45(29-37-50)25-31-47-33-39-56-58-52(47)21-15-23-54(58)60(67)64(62(56)69)41-43(8-4)17-10-6-2/h11-15,18-39,42-43H,5-10,16-17,40-41H2,1-4H3/b30-24+,31-25+. The molecule has 0 N–H and O–H groups in total. The third kappa shape index (κ3) is 9.43. The Bertz CT molecular complexity index is 2860. The number of amides is 4. The molecule has 0 radical (unpaired) electrons. The molecule has 69 heavy (non-hydrogen) atoms. The third-order valence-electron chi connectivity index (χ3n) is 14.2. The zero-order valence-corrected chi connectivity index (χ0v) is 40.3. The average molecular weight is 912 g/mol. The van der Waals surface area contributed by atoms with Gasteiger partial charge in [0, 0.05) is 63.2 Å². The topological polar surface area (TPSA) is 78.0 Å². The molecule has 2 heterocycles. The highest BCUT2D eigenvalue weighted by molar-refractivity contribution is 6.27. The van der Waals surface area contributed by atoms with Gasteiger partial charge in [-0.2, -0.15) is 0 Å². The first-order valence-corrected chi connectivity index (χ1v) is 25.0. The van der Waals surface area contributed by atoms with E-state index in [4.69, 9.17) is 0 Å². The Morgan fingerprint density at radius 2 is 0.812 bits per heavy atom. The quantitative estimate of drug-likeness (QED) is 0.0597. The summed E-state index contributed by atoms with van der Waals surface area (Å²) in [7, 11) is 0. The number of imide groups is 2. The second kappa shape index (κ2) is 20.9. The minimum atomic E-state index is -0.202. The van der Waals surface area contributed by atoms with Gasteiger partial charge in [0.15, 0.2) is 0 Å². The largest absolute Gasteiger partial charge is 0.311 e. The van der Waals surface area contributed by atoms with Gasteiger partial charge in [-0.3, -0.25) is 29.0 Å². The maximum atomic E-state index is 13.8. The van der Waals surface area contributed by atoms with Crippen LogP contribution in [0.2, 0.25) is 0 Å². The number of unbranched alkanes of at least 4 members (excludes halogenated alkanes) is 2. The van der Waals surface area contributed by atoms with Crippen molar-refractivity contribution in [2.24, 2.45) is 11.8 Å². The SMILES string of the molecule is CCCCC(CC)CN1C(=O)c2cccc3c(/C=C/c4ccc(N(c5ccccc5)c5ccc(/C=C/c6ccc7c8c(cccc68)C(=O)N(CC(CC)CCCC)C7=O)cc5)cc4)ccc(c23)C1=O. The molecule has 0 aromatic heterocycles. The van der Waals surface area contributed by atoms with Gasteiger partial charge >= 0.3 is 0 Å². The molecule has 7 aromatic rings. The molecule has 0 spiro atoms. The lowest BCUT2D eigenvalue weighted by molar-refractivity contribution is 0.0565. The molecule has 0 saturated heterocycles. The molecule has 2 unspecified atom stereocenters. The summed E-state index contributed by atoms with van der Waals surface area (Å²) < 4.78 is 0. The maximum Gasteiger partial charge on any atom is 0.261 e. The molecule has 7 aromatic carbocycles. The predicted molar refractivity (Wildman–Crippen MR) is 284 cm³/mol. The van der Waals surface area contributed by atoms with Gasteiger partial charge in [0.05, 0.1) is 0 Å². The van der Waals surface area contributed by atoms with E-state index in [1.807, 2.05) is 78.9 Å². The monoisotopic (exact) mass is 911 g/mol. The molecule has 9 rings (SSSR count). The van der Waals surface area contributed by atoms with Crippen molar-refractivity contribution in [1.29, 1.82) is 0 Å². The summed E-state index contributed by atoms with van der Waals surface area (Å²) in [6, 6.07) is 46.5. The Balaban J connectivity index is 0.932. The van der Waals surface area contributed by atoms with Crippen molar-refractivity contribution >= 4 is 86.5 Å². The number of carbonyl (C=O) groups excluding carboxylic acids is 4. The molecule has 0 bridgehead atoms.